The van der Waals surface area contributed by atoms with Gasteiger partial charge in [0.25, 0.3) is 0 Å². The van der Waals surface area contributed by atoms with Gasteiger partial charge in [0.15, 0.2) is 0 Å². The Morgan fingerprint density at radius 2 is 2.00 bits per heavy atom. The molecule has 0 fully saturated rings. The summed E-state index contributed by atoms with van der Waals surface area (Å²) >= 11 is 1.85. The molecule has 1 aromatic heterocycles. The van der Waals surface area contributed by atoms with Crippen LogP contribution in [0.25, 0.3) is 0 Å². The van der Waals surface area contributed by atoms with Crippen molar-refractivity contribution in [1.82, 2.24) is 4.90 Å². The van der Waals surface area contributed by atoms with Crippen molar-refractivity contribution in [3.63, 3.8) is 0 Å². The average molecular weight is 286 g/mol. The lowest BCUT2D eigenvalue weighted by molar-refractivity contribution is 0.179. The van der Waals surface area contributed by atoms with Crippen LogP contribution in [0, 0.1) is 0 Å². The van der Waals surface area contributed by atoms with Crippen LogP contribution in [0.4, 0.5) is 0 Å². The second-order valence-corrected chi connectivity index (χ2v) is 6.82. The van der Waals surface area contributed by atoms with Crippen molar-refractivity contribution in [2.24, 2.45) is 5.73 Å². The number of nitrogens with zero attached hydrogens (tertiary/aromatic N) is 1. The second kappa shape index (κ2) is 5.68. The van der Waals surface area contributed by atoms with E-state index in [-0.39, 0.29) is 6.04 Å². The summed E-state index contributed by atoms with van der Waals surface area (Å²) in [5.41, 5.74) is 9.03. The lowest BCUT2D eigenvalue weighted by atomic mass is 10.0. The Labute approximate surface area is 125 Å². The van der Waals surface area contributed by atoms with E-state index in [1.807, 2.05) is 11.3 Å². The third kappa shape index (κ3) is 2.53. The number of hydrogen-bond acceptors (Lipinski definition) is 3. The normalized spacial score (nSPS) is 23.0. The fraction of sp³-hybridized carbons (Fsp3) is 0.412. The molecule has 3 unspecified atom stereocenters. The largest absolute Gasteiger partial charge is 0.324 e. The highest BCUT2D eigenvalue weighted by molar-refractivity contribution is 7.09. The minimum absolute atomic E-state index is 0.188. The summed E-state index contributed by atoms with van der Waals surface area (Å²) in [6.45, 7) is 2.31. The van der Waals surface area contributed by atoms with Crippen LogP contribution >= 0.6 is 11.3 Å². The van der Waals surface area contributed by atoms with E-state index in [4.69, 9.17) is 5.73 Å². The number of benzene rings is 1. The first kappa shape index (κ1) is 13.8. The third-order valence-corrected chi connectivity index (χ3v) is 5.39. The van der Waals surface area contributed by atoms with Crippen molar-refractivity contribution >= 4 is 11.3 Å². The minimum atomic E-state index is 0.188. The van der Waals surface area contributed by atoms with Crippen LogP contribution in [-0.4, -0.2) is 18.0 Å². The van der Waals surface area contributed by atoms with E-state index in [1.54, 1.807) is 0 Å². The zero-order valence-electron chi connectivity index (χ0n) is 12.1. The summed E-state index contributed by atoms with van der Waals surface area (Å²) in [5.74, 6) is 0. The number of rotatable bonds is 4. The molecule has 0 amide bonds. The predicted octanol–water partition coefficient (Wildman–Crippen LogP) is 3.76. The van der Waals surface area contributed by atoms with Crippen LogP contribution in [0.5, 0.6) is 0 Å². The van der Waals surface area contributed by atoms with Crippen molar-refractivity contribution in [3.05, 3.63) is 57.8 Å². The highest BCUT2D eigenvalue weighted by atomic mass is 32.1. The molecule has 2 N–H and O–H groups in total. The quantitative estimate of drug-likeness (QED) is 0.927. The van der Waals surface area contributed by atoms with Crippen LogP contribution in [0.2, 0.25) is 0 Å². The number of fused-ring (bicyclic) bond motifs is 1. The monoisotopic (exact) mass is 286 g/mol. The highest BCUT2D eigenvalue weighted by Crippen LogP contribution is 2.41. The molecule has 1 aliphatic rings. The topological polar surface area (TPSA) is 29.3 Å². The van der Waals surface area contributed by atoms with E-state index >= 15 is 0 Å². The van der Waals surface area contributed by atoms with Gasteiger partial charge in [-0.25, -0.2) is 0 Å². The molecule has 106 valence electrons. The Kier molecular flexibility index (Phi) is 3.92. The van der Waals surface area contributed by atoms with Gasteiger partial charge < -0.3 is 5.73 Å². The van der Waals surface area contributed by atoms with Gasteiger partial charge in [0.2, 0.25) is 0 Å². The standard InChI is InChI=1S/C17H22N2S/c1-12(10-13-6-5-9-20-13)19(2)17-11-16(18)14-7-3-4-8-15(14)17/h3-9,12,16-17H,10-11,18H2,1-2H3. The Morgan fingerprint density at radius 3 is 2.70 bits per heavy atom. The minimum Gasteiger partial charge on any atom is -0.324 e. The van der Waals surface area contributed by atoms with E-state index in [9.17, 15) is 0 Å². The maximum Gasteiger partial charge on any atom is 0.0369 e. The van der Waals surface area contributed by atoms with Crippen molar-refractivity contribution in [2.75, 3.05) is 7.05 Å². The van der Waals surface area contributed by atoms with Gasteiger partial charge in [-0.2, -0.15) is 0 Å². The van der Waals surface area contributed by atoms with Gasteiger partial charge in [-0.1, -0.05) is 30.3 Å². The molecular formula is C17H22N2S. The molecule has 0 saturated heterocycles. The summed E-state index contributed by atoms with van der Waals surface area (Å²) in [7, 11) is 2.23. The lowest BCUT2D eigenvalue weighted by Crippen LogP contribution is -2.33. The SMILES string of the molecule is CC(Cc1cccs1)N(C)C1CC(N)c2ccccc21. The first-order valence-corrected chi connectivity index (χ1v) is 8.13. The molecule has 0 bridgehead atoms. The molecule has 0 spiro atoms. The van der Waals surface area contributed by atoms with Gasteiger partial charge in [0.1, 0.15) is 0 Å². The molecule has 3 heteroatoms. The van der Waals surface area contributed by atoms with Gasteiger partial charge in [-0.05, 0) is 49.4 Å². The summed E-state index contributed by atoms with van der Waals surface area (Å²) in [5, 5.41) is 2.16. The Bertz CT molecular complexity index is 564. The number of thiophene rings is 1. The van der Waals surface area contributed by atoms with Crippen molar-refractivity contribution in [3.8, 4) is 0 Å². The zero-order chi connectivity index (χ0) is 14.1. The molecule has 2 nitrogen and oxygen atoms in total. The first-order chi connectivity index (χ1) is 9.66. The maximum atomic E-state index is 6.29. The van der Waals surface area contributed by atoms with Gasteiger partial charge in [0.05, 0.1) is 0 Å². The van der Waals surface area contributed by atoms with E-state index in [0.29, 0.717) is 12.1 Å². The summed E-state index contributed by atoms with van der Waals surface area (Å²) in [4.78, 5) is 3.95. The Morgan fingerprint density at radius 1 is 1.25 bits per heavy atom. The maximum absolute atomic E-state index is 6.29. The summed E-state index contributed by atoms with van der Waals surface area (Å²) in [6, 6.07) is 14.2. The first-order valence-electron chi connectivity index (χ1n) is 7.25. The molecule has 0 saturated carbocycles. The molecule has 3 rings (SSSR count). The fourth-order valence-corrected chi connectivity index (χ4v) is 4.03. The highest BCUT2D eigenvalue weighted by Gasteiger charge is 2.32. The molecule has 20 heavy (non-hydrogen) atoms. The van der Waals surface area contributed by atoms with E-state index in [1.165, 1.54) is 16.0 Å². The Hall–Kier alpha value is -1.16. The fourth-order valence-electron chi connectivity index (χ4n) is 3.20. The van der Waals surface area contributed by atoms with Crippen LogP contribution < -0.4 is 5.73 Å². The third-order valence-electron chi connectivity index (χ3n) is 4.50. The van der Waals surface area contributed by atoms with Gasteiger partial charge in [0, 0.05) is 23.0 Å². The van der Waals surface area contributed by atoms with Gasteiger partial charge >= 0.3 is 0 Å². The molecule has 0 aliphatic heterocycles. The zero-order valence-corrected chi connectivity index (χ0v) is 12.9. The smallest absolute Gasteiger partial charge is 0.0369 e. The molecule has 1 aliphatic carbocycles. The number of hydrogen-bond donors (Lipinski definition) is 1. The van der Waals surface area contributed by atoms with Gasteiger partial charge in [-0.15, -0.1) is 11.3 Å². The van der Waals surface area contributed by atoms with Crippen LogP contribution in [0.3, 0.4) is 0 Å². The average Bonchev–Trinajstić information content (AvgIpc) is 3.07. The summed E-state index contributed by atoms with van der Waals surface area (Å²) < 4.78 is 0. The van der Waals surface area contributed by atoms with E-state index in [2.05, 4.69) is 60.6 Å². The molecule has 3 atom stereocenters. The van der Waals surface area contributed by atoms with E-state index < -0.39 is 0 Å². The molecule has 1 heterocycles. The molecule has 2 aromatic rings. The van der Waals surface area contributed by atoms with Gasteiger partial charge in [-0.3, -0.25) is 4.90 Å². The van der Waals surface area contributed by atoms with E-state index in [0.717, 1.165) is 12.8 Å². The number of likely N-dealkylation sites (N-methyl/N-ethyl adjacent to an activating group) is 1. The summed E-state index contributed by atoms with van der Waals surface area (Å²) in [6.07, 6.45) is 2.15. The van der Waals surface area contributed by atoms with Crippen molar-refractivity contribution in [2.45, 2.75) is 37.9 Å². The Balaban J connectivity index is 1.76. The van der Waals surface area contributed by atoms with Crippen LogP contribution in [0.1, 0.15) is 41.4 Å². The molecule has 0 radical (unpaired) electrons. The van der Waals surface area contributed by atoms with Crippen molar-refractivity contribution in [1.29, 1.82) is 0 Å². The lowest BCUT2D eigenvalue weighted by Gasteiger charge is -2.31. The molecule has 1 aromatic carbocycles. The number of nitrogens with two attached hydrogens (primary N) is 1. The predicted molar refractivity (Wildman–Crippen MR) is 86.0 cm³/mol. The van der Waals surface area contributed by atoms with Crippen LogP contribution in [0.15, 0.2) is 41.8 Å². The second-order valence-electron chi connectivity index (χ2n) is 5.78. The van der Waals surface area contributed by atoms with Crippen molar-refractivity contribution < 1.29 is 0 Å². The molecular weight excluding hydrogens is 264 g/mol. The van der Waals surface area contributed by atoms with Crippen LogP contribution in [-0.2, 0) is 6.42 Å².